The number of aliphatic hydroxyl groups is 1. The lowest BCUT2D eigenvalue weighted by Crippen LogP contribution is -2.38. The van der Waals surface area contributed by atoms with Crippen molar-refractivity contribution >= 4 is 23.8 Å². The number of tetrazole rings is 1. The molecule has 0 spiro atoms. The zero-order valence-electron chi connectivity index (χ0n) is 27.8. The van der Waals surface area contributed by atoms with Gasteiger partial charge in [-0.05, 0) is 81.6 Å². The number of thioether (sulfide) groups is 1. The molecule has 0 bridgehead atoms. The third kappa shape index (κ3) is 9.49. The van der Waals surface area contributed by atoms with Gasteiger partial charge in [0.25, 0.3) is 0 Å². The van der Waals surface area contributed by atoms with E-state index < -0.39 is 18.3 Å². The summed E-state index contributed by atoms with van der Waals surface area (Å²) in [4.78, 5) is 23.7. The van der Waals surface area contributed by atoms with Gasteiger partial charge in [-0.1, -0.05) is 72.4 Å². The quantitative estimate of drug-likeness (QED) is 0.0933. The van der Waals surface area contributed by atoms with E-state index in [1.165, 1.54) is 11.8 Å². The van der Waals surface area contributed by atoms with E-state index in [2.05, 4.69) is 26.2 Å². The van der Waals surface area contributed by atoms with Gasteiger partial charge in [-0.3, -0.25) is 4.79 Å². The van der Waals surface area contributed by atoms with Gasteiger partial charge >= 0.3 is 12.0 Å². The van der Waals surface area contributed by atoms with Gasteiger partial charge in [-0.25, -0.2) is 4.79 Å². The third-order valence-corrected chi connectivity index (χ3v) is 9.17. The number of carbonyl (C=O) groups excluding carboxylic acids is 2. The number of esters is 1. The van der Waals surface area contributed by atoms with Crippen LogP contribution in [0.3, 0.4) is 0 Å². The number of phenolic OH excluding ortho intramolecular Hbond substituents is 1. The number of hydrogen-bond donors (Lipinski definition) is 4. The van der Waals surface area contributed by atoms with Crippen molar-refractivity contribution in [3.63, 3.8) is 0 Å². The molecule has 1 aliphatic heterocycles. The molecule has 1 aromatic heterocycles. The van der Waals surface area contributed by atoms with Gasteiger partial charge in [-0.15, -0.1) is 5.10 Å². The number of ether oxygens (including phenoxy) is 3. The van der Waals surface area contributed by atoms with Crippen LogP contribution in [0.15, 0.2) is 102 Å². The molecule has 0 radical (unpaired) electrons. The summed E-state index contributed by atoms with van der Waals surface area (Å²) in [6, 6.07) is 29.7. The molecular formula is C37H38N6O7S. The Morgan fingerprint density at radius 2 is 1.69 bits per heavy atom. The second kappa shape index (κ2) is 17.1. The first kappa shape index (κ1) is 35.5. The number of urea groups is 1. The number of carbonyl (C=O) groups is 2. The number of nitrogens with zero attached hydrogens (tertiary/aromatic N) is 4. The molecule has 264 valence electrons. The largest absolute Gasteiger partial charge is 0.508 e. The highest BCUT2D eigenvalue weighted by Gasteiger charge is 2.33. The number of aliphatic hydroxyl groups excluding tert-OH is 1. The van der Waals surface area contributed by atoms with Gasteiger partial charge in [0.15, 0.2) is 6.29 Å². The molecule has 1 aliphatic rings. The van der Waals surface area contributed by atoms with Crippen molar-refractivity contribution in [2.75, 3.05) is 18.9 Å². The number of aromatic hydroxyl groups is 1. The molecule has 14 heteroatoms. The van der Waals surface area contributed by atoms with Crippen LogP contribution >= 0.6 is 11.8 Å². The summed E-state index contributed by atoms with van der Waals surface area (Å²) in [5.74, 6) is 0.206. The molecule has 13 nitrogen and oxygen atoms in total. The van der Waals surface area contributed by atoms with E-state index in [0.717, 1.165) is 39.1 Å². The fourth-order valence-electron chi connectivity index (χ4n) is 5.55. The molecule has 2 amide bonds. The van der Waals surface area contributed by atoms with E-state index in [4.69, 9.17) is 14.2 Å². The number of benzene rings is 4. The van der Waals surface area contributed by atoms with Crippen molar-refractivity contribution in [2.45, 2.75) is 50.2 Å². The fraction of sp³-hybridized carbons (Fsp3) is 0.270. The van der Waals surface area contributed by atoms with Crippen molar-refractivity contribution < 1.29 is 34.0 Å². The van der Waals surface area contributed by atoms with Crippen molar-refractivity contribution in [2.24, 2.45) is 0 Å². The Balaban J connectivity index is 1.17. The summed E-state index contributed by atoms with van der Waals surface area (Å²) >= 11 is 1.47. The molecule has 4 N–H and O–H groups in total. The number of aromatic nitrogens is 4. The lowest BCUT2D eigenvalue weighted by molar-refractivity contribution is -0.245. The summed E-state index contributed by atoms with van der Waals surface area (Å²) in [6.45, 7) is 1.98. The smallest absolute Gasteiger partial charge is 0.325 e. The normalized spacial score (nSPS) is 17.1. The van der Waals surface area contributed by atoms with E-state index in [-0.39, 0.29) is 44.3 Å². The second-order valence-electron chi connectivity index (χ2n) is 11.7. The lowest BCUT2D eigenvalue weighted by Gasteiger charge is -2.36. The molecule has 6 rings (SSSR count). The van der Waals surface area contributed by atoms with Crippen LogP contribution in [0.4, 0.5) is 4.79 Å². The average molecular weight is 711 g/mol. The Morgan fingerprint density at radius 1 is 0.922 bits per heavy atom. The highest BCUT2D eigenvalue weighted by atomic mass is 32.2. The highest BCUT2D eigenvalue weighted by molar-refractivity contribution is 7.99. The first-order valence-electron chi connectivity index (χ1n) is 16.5. The highest BCUT2D eigenvalue weighted by Crippen LogP contribution is 2.40. The van der Waals surface area contributed by atoms with Crippen LogP contribution in [0.25, 0.3) is 16.8 Å². The molecule has 51 heavy (non-hydrogen) atoms. The Labute approximate surface area is 298 Å². The second-order valence-corrected chi connectivity index (χ2v) is 12.7. The molecule has 4 aromatic carbocycles. The SMILES string of the molecule is CCOC(=O)CNC(=O)NCc1cccc(-c2cccc(C3OC(CSc4nnnn4-c4ccc(O)cc4)CC(c4ccc(CO)cc4)O3)c2)c1. The van der Waals surface area contributed by atoms with Gasteiger partial charge in [-0.2, -0.15) is 4.68 Å². The zero-order valence-corrected chi connectivity index (χ0v) is 28.7. The first-order chi connectivity index (χ1) is 24.9. The van der Waals surface area contributed by atoms with Crippen LogP contribution in [-0.4, -0.2) is 67.4 Å². The number of hydrogen-bond acceptors (Lipinski definition) is 11. The lowest BCUT2D eigenvalue weighted by atomic mass is 9.99. The van der Waals surface area contributed by atoms with Gasteiger partial charge in [0.05, 0.1) is 31.1 Å². The summed E-state index contributed by atoms with van der Waals surface area (Å²) in [5.41, 5.74) is 6.14. The maximum Gasteiger partial charge on any atom is 0.325 e. The van der Waals surface area contributed by atoms with E-state index in [1.54, 1.807) is 35.9 Å². The Morgan fingerprint density at radius 3 is 2.45 bits per heavy atom. The van der Waals surface area contributed by atoms with Crippen molar-refractivity contribution in [3.05, 3.63) is 119 Å². The van der Waals surface area contributed by atoms with E-state index in [0.29, 0.717) is 17.3 Å². The van der Waals surface area contributed by atoms with Crippen LogP contribution in [0, 0.1) is 0 Å². The Kier molecular flexibility index (Phi) is 11.9. The first-order valence-corrected chi connectivity index (χ1v) is 17.4. The van der Waals surface area contributed by atoms with Gasteiger partial charge in [0, 0.05) is 24.3 Å². The maximum atomic E-state index is 12.2. The van der Waals surface area contributed by atoms with E-state index in [1.807, 2.05) is 72.8 Å². The Hall–Kier alpha value is -5.28. The number of nitrogens with one attached hydrogen (secondary N) is 2. The zero-order chi connectivity index (χ0) is 35.6. The summed E-state index contributed by atoms with van der Waals surface area (Å²) in [6.07, 6.45) is -0.587. The van der Waals surface area contributed by atoms with Crippen molar-refractivity contribution in [1.82, 2.24) is 30.8 Å². The molecule has 1 fully saturated rings. The fourth-order valence-corrected chi connectivity index (χ4v) is 6.46. The van der Waals surface area contributed by atoms with Gasteiger partial charge in [0.1, 0.15) is 12.3 Å². The molecule has 5 aromatic rings. The van der Waals surface area contributed by atoms with Crippen LogP contribution in [0.1, 0.15) is 48.0 Å². The standard InChI is InChI=1S/C37H38N6O7S/c1-2-48-34(46)21-39-36(47)38-20-25-5-3-6-27(17-25)28-7-4-8-29(18-28)35-49-32(19-33(50-35)26-11-9-24(22-44)10-12-26)23-51-37-40-41-42-43(37)30-13-15-31(45)16-14-30/h3-18,32-33,35,44-45H,2,19-23H2,1H3,(H2,38,39,47). The van der Waals surface area contributed by atoms with Crippen LogP contribution in [0.5, 0.6) is 5.75 Å². The average Bonchev–Trinajstić information content (AvgIpc) is 3.64. The summed E-state index contributed by atoms with van der Waals surface area (Å²) in [7, 11) is 0. The van der Waals surface area contributed by atoms with Crippen LogP contribution < -0.4 is 10.6 Å². The Bertz CT molecular complexity index is 1920. The molecular weight excluding hydrogens is 673 g/mol. The molecule has 2 heterocycles. The van der Waals surface area contributed by atoms with E-state index in [9.17, 15) is 19.8 Å². The molecule has 3 unspecified atom stereocenters. The maximum absolute atomic E-state index is 12.2. The molecule has 3 atom stereocenters. The third-order valence-electron chi connectivity index (χ3n) is 8.12. The molecule has 1 saturated heterocycles. The predicted molar refractivity (Wildman–Crippen MR) is 189 cm³/mol. The predicted octanol–water partition coefficient (Wildman–Crippen LogP) is 5.23. The van der Waals surface area contributed by atoms with Gasteiger partial charge in [0.2, 0.25) is 5.16 Å². The summed E-state index contributed by atoms with van der Waals surface area (Å²) < 4.78 is 19.6. The number of phenols is 1. The minimum absolute atomic E-state index is 0.0424. The van der Waals surface area contributed by atoms with E-state index >= 15 is 0 Å². The number of amides is 2. The van der Waals surface area contributed by atoms with Crippen LogP contribution in [0.2, 0.25) is 0 Å². The molecule has 0 saturated carbocycles. The molecule has 0 aliphatic carbocycles. The van der Waals surface area contributed by atoms with Crippen LogP contribution in [-0.2, 0) is 32.2 Å². The summed E-state index contributed by atoms with van der Waals surface area (Å²) in [5, 5.41) is 37.4. The monoisotopic (exact) mass is 710 g/mol. The van der Waals surface area contributed by atoms with Crippen molar-refractivity contribution in [3.8, 4) is 22.6 Å². The van der Waals surface area contributed by atoms with Gasteiger partial charge < -0.3 is 35.1 Å². The topological polar surface area (TPSA) is 170 Å². The number of rotatable bonds is 13. The minimum Gasteiger partial charge on any atom is -0.508 e. The van der Waals surface area contributed by atoms with Crippen molar-refractivity contribution in [1.29, 1.82) is 0 Å². The minimum atomic E-state index is -0.673.